The summed E-state index contributed by atoms with van der Waals surface area (Å²) >= 11 is 0. The van der Waals surface area contributed by atoms with Crippen molar-refractivity contribution in [3.05, 3.63) is 118 Å². The minimum Gasteiger partial charge on any atom is -0.0579 e. The molecule has 0 nitrogen and oxygen atoms in total. The average molecular weight is 473 g/mol. The van der Waals surface area contributed by atoms with E-state index in [4.69, 9.17) is 0 Å². The van der Waals surface area contributed by atoms with Crippen LogP contribution in [0.25, 0.3) is 22.3 Å². The molecule has 0 N–H and O–H groups in total. The predicted octanol–water partition coefficient (Wildman–Crippen LogP) is 9.85. The minimum atomic E-state index is -0.00778. The standard InChI is InChI=1S/C36H40/c1-34(2,3)30-15-9-24(10-16-30)26-13-19-32-28(21-26)23-29-22-27(14-20-33(29)36(32,7)8)25-11-17-31(18-12-25)35(4,5)6/h9-22H,23H2,1-8H3. The van der Waals surface area contributed by atoms with Gasteiger partial charge in [0.25, 0.3) is 0 Å². The molecule has 4 aromatic rings. The molecule has 36 heavy (non-hydrogen) atoms. The lowest BCUT2D eigenvalue weighted by molar-refractivity contribution is 0.590. The van der Waals surface area contributed by atoms with Crippen molar-refractivity contribution in [3.63, 3.8) is 0 Å². The molecule has 0 saturated carbocycles. The highest BCUT2D eigenvalue weighted by atomic mass is 14.4. The molecule has 0 saturated heterocycles. The second-order valence-corrected chi connectivity index (χ2v) is 13.2. The summed E-state index contributed by atoms with van der Waals surface area (Å²) in [4.78, 5) is 0. The minimum absolute atomic E-state index is 0.00778. The van der Waals surface area contributed by atoms with Crippen LogP contribution in [0.4, 0.5) is 0 Å². The van der Waals surface area contributed by atoms with E-state index in [0.29, 0.717) is 0 Å². The third-order valence-corrected chi connectivity index (χ3v) is 8.11. The molecule has 4 aromatic carbocycles. The van der Waals surface area contributed by atoms with Gasteiger partial charge in [-0.15, -0.1) is 0 Å². The van der Waals surface area contributed by atoms with Crippen molar-refractivity contribution in [2.24, 2.45) is 0 Å². The first-order chi connectivity index (χ1) is 16.8. The quantitative estimate of drug-likeness (QED) is 0.272. The third-order valence-electron chi connectivity index (χ3n) is 8.11. The van der Waals surface area contributed by atoms with Gasteiger partial charge >= 0.3 is 0 Å². The first-order valence-electron chi connectivity index (χ1n) is 13.3. The van der Waals surface area contributed by atoms with Gasteiger partial charge in [0.15, 0.2) is 0 Å². The summed E-state index contributed by atoms with van der Waals surface area (Å²) in [5.74, 6) is 0. The van der Waals surface area contributed by atoms with Crippen molar-refractivity contribution < 1.29 is 0 Å². The van der Waals surface area contributed by atoms with Crippen LogP contribution >= 0.6 is 0 Å². The molecule has 0 bridgehead atoms. The smallest absolute Gasteiger partial charge is 0.0152 e. The zero-order chi connectivity index (χ0) is 25.9. The second kappa shape index (κ2) is 8.48. The van der Waals surface area contributed by atoms with Crippen molar-refractivity contribution in [1.29, 1.82) is 0 Å². The normalized spacial score (nSPS) is 14.8. The van der Waals surface area contributed by atoms with Crippen molar-refractivity contribution in [2.45, 2.75) is 78.1 Å². The molecule has 0 amide bonds. The summed E-state index contributed by atoms with van der Waals surface area (Å²) in [5.41, 5.74) is 14.1. The van der Waals surface area contributed by atoms with Gasteiger partial charge in [-0.1, -0.05) is 140 Å². The summed E-state index contributed by atoms with van der Waals surface area (Å²) in [5, 5.41) is 0. The SMILES string of the molecule is CC(C)(C)c1ccc(-c2ccc3c(c2)Cc2cc(-c4ccc(C(C)(C)C)cc4)ccc2C3(C)C)cc1. The number of hydrogen-bond acceptors (Lipinski definition) is 0. The van der Waals surface area contributed by atoms with Crippen molar-refractivity contribution in [1.82, 2.24) is 0 Å². The molecule has 0 heteroatoms. The Hall–Kier alpha value is -3.12. The number of benzene rings is 4. The molecule has 0 heterocycles. The lowest BCUT2D eigenvalue weighted by Gasteiger charge is -2.36. The predicted molar refractivity (Wildman–Crippen MR) is 156 cm³/mol. The Bertz CT molecular complexity index is 1290. The molecular weight excluding hydrogens is 432 g/mol. The van der Waals surface area contributed by atoms with E-state index in [0.717, 1.165) is 6.42 Å². The highest BCUT2D eigenvalue weighted by Crippen LogP contribution is 2.43. The Morgan fingerprint density at radius 1 is 0.472 bits per heavy atom. The van der Waals surface area contributed by atoms with Crippen LogP contribution in [-0.2, 0) is 22.7 Å². The maximum Gasteiger partial charge on any atom is 0.0152 e. The summed E-state index contributed by atoms with van der Waals surface area (Å²) in [6, 6.07) is 32.5. The molecule has 0 fully saturated rings. The fourth-order valence-electron chi connectivity index (χ4n) is 5.73. The van der Waals surface area contributed by atoms with Gasteiger partial charge in [-0.05, 0) is 72.9 Å². The van der Waals surface area contributed by atoms with E-state index in [2.05, 4.69) is 140 Å². The van der Waals surface area contributed by atoms with Gasteiger partial charge in [-0.2, -0.15) is 0 Å². The molecule has 5 rings (SSSR count). The van der Waals surface area contributed by atoms with Crippen molar-refractivity contribution >= 4 is 0 Å². The van der Waals surface area contributed by atoms with Gasteiger partial charge in [0.1, 0.15) is 0 Å². The van der Waals surface area contributed by atoms with Crippen molar-refractivity contribution in [3.8, 4) is 22.3 Å². The van der Waals surface area contributed by atoms with E-state index >= 15 is 0 Å². The molecule has 184 valence electrons. The summed E-state index contributed by atoms with van der Waals surface area (Å²) in [7, 11) is 0. The Morgan fingerprint density at radius 3 is 1.14 bits per heavy atom. The third kappa shape index (κ3) is 4.43. The monoisotopic (exact) mass is 472 g/mol. The molecule has 0 atom stereocenters. The first-order valence-corrected chi connectivity index (χ1v) is 13.3. The van der Waals surface area contributed by atoms with Crippen LogP contribution in [-0.4, -0.2) is 0 Å². The molecule has 0 aromatic heterocycles. The first kappa shape index (κ1) is 24.6. The van der Waals surface area contributed by atoms with Crippen molar-refractivity contribution in [2.75, 3.05) is 0 Å². The Labute approximate surface area is 218 Å². The molecule has 0 radical (unpaired) electrons. The van der Waals surface area contributed by atoms with E-state index in [1.807, 2.05) is 0 Å². The zero-order valence-corrected chi connectivity index (χ0v) is 23.3. The van der Waals surface area contributed by atoms with Gasteiger partial charge < -0.3 is 0 Å². The fourth-order valence-corrected chi connectivity index (χ4v) is 5.73. The maximum atomic E-state index is 2.43. The Balaban J connectivity index is 1.50. The maximum absolute atomic E-state index is 2.43. The van der Waals surface area contributed by atoms with E-state index in [1.54, 1.807) is 0 Å². The number of rotatable bonds is 2. The summed E-state index contributed by atoms with van der Waals surface area (Å²) in [6.07, 6.45) is 0.982. The average Bonchev–Trinajstić information content (AvgIpc) is 2.82. The highest BCUT2D eigenvalue weighted by molar-refractivity contribution is 5.70. The van der Waals surface area contributed by atoms with Crippen LogP contribution in [0.5, 0.6) is 0 Å². The van der Waals surface area contributed by atoms with Crippen LogP contribution in [0.15, 0.2) is 84.9 Å². The zero-order valence-electron chi connectivity index (χ0n) is 23.3. The molecule has 1 aliphatic rings. The van der Waals surface area contributed by atoms with Crippen LogP contribution < -0.4 is 0 Å². The van der Waals surface area contributed by atoms with Crippen LogP contribution in [0.3, 0.4) is 0 Å². The molecular formula is C36H40. The van der Waals surface area contributed by atoms with Crippen LogP contribution in [0, 0.1) is 0 Å². The van der Waals surface area contributed by atoms with E-state index in [9.17, 15) is 0 Å². The molecule has 0 unspecified atom stereocenters. The van der Waals surface area contributed by atoms with Gasteiger partial charge in [0.05, 0.1) is 0 Å². The molecule has 1 aliphatic carbocycles. The number of hydrogen-bond donors (Lipinski definition) is 0. The highest BCUT2D eigenvalue weighted by Gasteiger charge is 2.32. The van der Waals surface area contributed by atoms with Gasteiger partial charge in [-0.3, -0.25) is 0 Å². The van der Waals surface area contributed by atoms with E-state index in [1.165, 1.54) is 55.6 Å². The Morgan fingerprint density at radius 2 is 0.806 bits per heavy atom. The summed E-state index contributed by atoms with van der Waals surface area (Å²) < 4.78 is 0. The second-order valence-electron chi connectivity index (χ2n) is 13.2. The fraction of sp³-hybridized carbons (Fsp3) is 0.333. The van der Waals surface area contributed by atoms with Gasteiger partial charge in [-0.25, -0.2) is 0 Å². The Kier molecular flexibility index (Phi) is 5.79. The van der Waals surface area contributed by atoms with Crippen LogP contribution in [0.2, 0.25) is 0 Å². The van der Waals surface area contributed by atoms with Crippen LogP contribution in [0.1, 0.15) is 88.8 Å². The molecule has 0 aliphatic heterocycles. The number of fused-ring (bicyclic) bond motifs is 2. The van der Waals surface area contributed by atoms with Gasteiger partial charge in [0, 0.05) is 5.41 Å². The van der Waals surface area contributed by atoms with E-state index in [-0.39, 0.29) is 16.2 Å². The largest absolute Gasteiger partial charge is 0.0579 e. The summed E-state index contributed by atoms with van der Waals surface area (Å²) in [6.45, 7) is 18.4. The van der Waals surface area contributed by atoms with E-state index < -0.39 is 0 Å². The topological polar surface area (TPSA) is 0 Å². The molecule has 0 spiro atoms. The van der Waals surface area contributed by atoms with Gasteiger partial charge in [0.2, 0.25) is 0 Å². The lowest BCUT2D eigenvalue weighted by atomic mass is 9.68. The lowest BCUT2D eigenvalue weighted by Crippen LogP contribution is -2.27.